The lowest BCUT2D eigenvalue weighted by Gasteiger charge is -2.23. The first-order valence-electron chi connectivity index (χ1n) is 10.6. The van der Waals surface area contributed by atoms with E-state index in [9.17, 15) is 14.7 Å². The third-order valence-corrected chi connectivity index (χ3v) is 4.83. The molecule has 0 spiro atoms. The van der Waals surface area contributed by atoms with Gasteiger partial charge in [-0.2, -0.15) is 0 Å². The van der Waals surface area contributed by atoms with E-state index in [1.165, 1.54) is 7.11 Å². The SMILES string of the molecule is C=CCOCC(O)CNC(Cc1ccccc1)C(=O)NC(Cc1ccccc1)C(=O)OC. The fourth-order valence-electron chi connectivity index (χ4n) is 3.19. The highest BCUT2D eigenvalue weighted by atomic mass is 16.5. The number of aliphatic hydroxyl groups is 1. The molecule has 0 aliphatic carbocycles. The van der Waals surface area contributed by atoms with Crippen LogP contribution < -0.4 is 10.6 Å². The van der Waals surface area contributed by atoms with Crippen molar-refractivity contribution in [3.63, 3.8) is 0 Å². The predicted molar refractivity (Wildman–Crippen MR) is 123 cm³/mol. The normalized spacial score (nSPS) is 13.6. The fraction of sp³-hybridized carbons (Fsp3) is 0.360. The molecular weight excluding hydrogens is 408 g/mol. The molecule has 0 aliphatic heterocycles. The third-order valence-electron chi connectivity index (χ3n) is 4.83. The minimum Gasteiger partial charge on any atom is -0.467 e. The van der Waals surface area contributed by atoms with Crippen molar-refractivity contribution < 1.29 is 24.2 Å². The van der Waals surface area contributed by atoms with E-state index in [4.69, 9.17) is 9.47 Å². The van der Waals surface area contributed by atoms with Crippen LogP contribution in [0.5, 0.6) is 0 Å². The van der Waals surface area contributed by atoms with Gasteiger partial charge in [-0.3, -0.25) is 4.79 Å². The summed E-state index contributed by atoms with van der Waals surface area (Å²) in [6.45, 7) is 4.19. The van der Waals surface area contributed by atoms with E-state index < -0.39 is 24.2 Å². The number of hydrogen-bond acceptors (Lipinski definition) is 6. The minimum atomic E-state index is -0.823. The lowest BCUT2D eigenvalue weighted by Crippen LogP contribution is -2.53. The Morgan fingerprint density at radius 2 is 1.56 bits per heavy atom. The van der Waals surface area contributed by atoms with Crippen molar-refractivity contribution in [1.29, 1.82) is 0 Å². The molecule has 2 rings (SSSR count). The molecule has 2 aromatic carbocycles. The van der Waals surface area contributed by atoms with Gasteiger partial charge in [0.15, 0.2) is 0 Å². The topological polar surface area (TPSA) is 96.9 Å². The lowest BCUT2D eigenvalue weighted by atomic mass is 10.0. The lowest BCUT2D eigenvalue weighted by molar-refractivity contribution is -0.145. The quantitative estimate of drug-likeness (QED) is 0.235. The van der Waals surface area contributed by atoms with Crippen molar-refractivity contribution in [2.45, 2.75) is 31.0 Å². The number of nitrogens with one attached hydrogen (secondary N) is 2. The molecule has 0 heterocycles. The fourth-order valence-corrected chi connectivity index (χ4v) is 3.19. The standard InChI is InChI=1S/C25H32N2O5/c1-3-14-32-18-21(28)17-26-22(15-19-10-6-4-7-11-19)24(29)27-23(25(30)31-2)16-20-12-8-5-9-13-20/h3-13,21-23,26,28H,1,14-18H2,2H3,(H,27,29). The Balaban J connectivity index is 2.07. The summed E-state index contributed by atoms with van der Waals surface area (Å²) in [5, 5.41) is 16.1. The van der Waals surface area contributed by atoms with Crippen molar-refractivity contribution in [1.82, 2.24) is 10.6 Å². The van der Waals surface area contributed by atoms with Crippen molar-refractivity contribution >= 4 is 11.9 Å². The molecule has 7 heteroatoms. The largest absolute Gasteiger partial charge is 0.467 e. The second kappa shape index (κ2) is 14.1. The van der Waals surface area contributed by atoms with Crippen LogP contribution in [0.2, 0.25) is 0 Å². The maximum atomic E-state index is 13.1. The molecule has 2 aromatic rings. The van der Waals surface area contributed by atoms with E-state index >= 15 is 0 Å². The Kier molecular flexibility index (Phi) is 11.2. The molecule has 3 unspecified atom stereocenters. The summed E-state index contributed by atoms with van der Waals surface area (Å²) < 4.78 is 10.2. The highest BCUT2D eigenvalue weighted by Crippen LogP contribution is 2.08. The number of ether oxygens (including phenoxy) is 2. The van der Waals surface area contributed by atoms with Gasteiger partial charge in [-0.1, -0.05) is 66.7 Å². The highest BCUT2D eigenvalue weighted by Gasteiger charge is 2.27. The Hall–Kier alpha value is -3.00. The number of carbonyl (C=O) groups excluding carboxylic acids is 2. The van der Waals surface area contributed by atoms with Gasteiger partial charge in [0.2, 0.25) is 5.91 Å². The summed E-state index contributed by atoms with van der Waals surface area (Å²) in [4.78, 5) is 25.5. The molecule has 0 fully saturated rings. The van der Waals surface area contributed by atoms with Crippen LogP contribution in [0.3, 0.4) is 0 Å². The molecule has 3 N–H and O–H groups in total. The van der Waals surface area contributed by atoms with Crippen molar-refractivity contribution in [3.8, 4) is 0 Å². The second-order valence-corrected chi connectivity index (χ2v) is 7.40. The number of aliphatic hydroxyl groups excluding tert-OH is 1. The Bertz CT molecular complexity index is 829. The number of esters is 1. The van der Waals surface area contributed by atoms with E-state index in [1.54, 1.807) is 6.08 Å². The minimum absolute atomic E-state index is 0.123. The second-order valence-electron chi connectivity index (χ2n) is 7.40. The van der Waals surface area contributed by atoms with Gasteiger partial charge in [0.05, 0.1) is 32.5 Å². The molecular formula is C25H32N2O5. The van der Waals surface area contributed by atoms with Crippen molar-refractivity contribution in [2.75, 3.05) is 26.9 Å². The maximum Gasteiger partial charge on any atom is 0.328 e. The predicted octanol–water partition coefficient (Wildman–Crippen LogP) is 1.65. The molecule has 3 atom stereocenters. The average molecular weight is 441 g/mol. The molecule has 32 heavy (non-hydrogen) atoms. The molecule has 172 valence electrons. The van der Waals surface area contributed by atoms with Gasteiger partial charge in [-0.15, -0.1) is 6.58 Å². The molecule has 0 radical (unpaired) electrons. The van der Waals surface area contributed by atoms with E-state index in [0.717, 1.165) is 11.1 Å². The zero-order valence-corrected chi connectivity index (χ0v) is 18.4. The van der Waals surface area contributed by atoms with Gasteiger partial charge in [-0.25, -0.2) is 4.79 Å². The number of hydrogen-bond donors (Lipinski definition) is 3. The van der Waals surface area contributed by atoms with Gasteiger partial charge in [0.25, 0.3) is 0 Å². The molecule has 7 nitrogen and oxygen atoms in total. The molecule has 0 saturated heterocycles. The molecule has 0 aliphatic rings. The van der Waals surface area contributed by atoms with E-state index in [2.05, 4.69) is 17.2 Å². The van der Waals surface area contributed by atoms with Crippen LogP contribution in [-0.4, -0.2) is 62.0 Å². The summed E-state index contributed by atoms with van der Waals surface area (Å²) >= 11 is 0. The first-order valence-corrected chi connectivity index (χ1v) is 10.6. The van der Waals surface area contributed by atoms with Gasteiger partial charge in [-0.05, 0) is 17.5 Å². The van der Waals surface area contributed by atoms with Gasteiger partial charge in [0.1, 0.15) is 6.04 Å². The highest BCUT2D eigenvalue weighted by molar-refractivity contribution is 5.88. The average Bonchev–Trinajstić information content (AvgIpc) is 2.82. The first-order chi connectivity index (χ1) is 15.5. The van der Waals surface area contributed by atoms with Crippen LogP contribution in [0.25, 0.3) is 0 Å². The molecule has 0 saturated carbocycles. The summed E-state index contributed by atoms with van der Waals surface area (Å²) in [5.41, 5.74) is 1.86. The summed E-state index contributed by atoms with van der Waals surface area (Å²) in [6.07, 6.45) is 1.52. The van der Waals surface area contributed by atoms with Crippen molar-refractivity contribution in [2.24, 2.45) is 0 Å². The number of amides is 1. The smallest absolute Gasteiger partial charge is 0.328 e. The summed E-state index contributed by atoms with van der Waals surface area (Å²) in [6, 6.07) is 17.5. The van der Waals surface area contributed by atoms with E-state index in [0.29, 0.717) is 19.4 Å². The molecule has 1 amide bonds. The van der Waals surface area contributed by atoms with Gasteiger partial charge >= 0.3 is 5.97 Å². The van der Waals surface area contributed by atoms with Crippen LogP contribution >= 0.6 is 0 Å². The number of methoxy groups -OCH3 is 1. The van der Waals surface area contributed by atoms with E-state index in [-0.39, 0.29) is 19.1 Å². The number of carbonyl (C=O) groups is 2. The first kappa shape index (κ1) is 25.3. The summed E-state index contributed by atoms with van der Waals surface area (Å²) in [7, 11) is 1.30. The van der Waals surface area contributed by atoms with Crippen LogP contribution in [0, 0.1) is 0 Å². The zero-order chi connectivity index (χ0) is 23.2. The van der Waals surface area contributed by atoms with Crippen LogP contribution in [-0.2, 0) is 31.9 Å². The third kappa shape index (κ3) is 9.01. The van der Waals surface area contributed by atoms with Gasteiger partial charge < -0.3 is 25.2 Å². The summed E-state index contributed by atoms with van der Waals surface area (Å²) in [5.74, 6) is -0.863. The van der Waals surface area contributed by atoms with Gasteiger partial charge in [0, 0.05) is 13.0 Å². The van der Waals surface area contributed by atoms with Crippen LogP contribution in [0.1, 0.15) is 11.1 Å². The van der Waals surface area contributed by atoms with E-state index in [1.807, 2.05) is 60.7 Å². The molecule has 0 aromatic heterocycles. The van der Waals surface area contributed by atoms with Crippen LogP contribution in [0.4, 0.5) is 0 Å². The number of rotatable bonds is 14. The Morgan fingerprint density at radius 3 is 2.09 bits per heavy atom. The maximum absolute atomic E-state index is 13.1. The monoisotopic (exact) mass is 440 g/mol. The zero-order valence-electron chi connectivity index (χ0n) is 18.4. The van der Waals surface area contributed by atoms with Crippen molar-refractivity contribution in [3.05, 3.63) is 84.4 Å². The Morgan fingerprint density at radius 1 is 1.00 bits per heavy atom. The molecule has 0 bridgehead atoms. The van der Waals surface area contributed by atoms with Crippen LogP contribution in [0.15, 0.2) is 73.3 Å². The Labute approximate surface area is 189 Å². The number of benzene rings is 2.